The molecule has 0 radical (unpaired) electrons. The number of amides is 1. The van der Waals surface area contributed by atoms with Gasteiger partial charge in [-0.25, -0.2) is 14.2 Å². The van der Waals surface area contributed by atoms with Crippen molar-refractivity contribution < 1.29 is 36.6 Å². The third kappa shape index (κ3) is 4.86. The molecule has 1 aromatic heterocycles. The summed E-state index contributed by atoms with van der Waals surface area (Å²) in [5.74, 6) is -3.22. The van der Waals surface area contributed by atoms with E-state index in [0.717, 1.165) is 24.5 Å². The molecule has 1 N–H and O–H groups in total. The first kappa shape index (κ1) is 31.4. The van der Waals surface area contributed by atoms with Gasteiger partial charge < -0.3 is 19.4 Å². The van der Waals surface area contributed by atoms with E-state index in [-0.39, 0.29) is 47.6 Å². The molecule has 0 unspecified atom stereocenters. The van der Waals surface area contributed by atoms with Crippen molar-refractivity contribution in [3.05, 3.63) is 86.9 Å². The van der Waals surface area contributed by atoms with Crippen molar-refractivity contribution in [3.63, 3.8) is 0 Å². The summed E-state index contributed by atoms with van der Waals surface area (Å²) in [6.45, 7) is 2.30. The molecule has 1 aliphatic carbocycles. The number of carbonyl (C=O) groups excluding carboxylic acids is 2. The van der Waals surface area contributed by atoms with Gasteiger partial charge in [0.05, 0.1) is 22.7 Å². The van der Waals surface area contributed by atoms with Crippen LogP contribution < -0.4 is 10.1 Å². The van der Waals surface area contributed by atoms with Crippen LogP contribution in [-0.2, 0) is 22.5 Å². The normalized spacial score (nSPS) is 24.8. The average molecular weight is 704 g/mol. The zero-order chi connectivity index (χ0) is 33.7. The van der Waals surface area contributed by atoms with E-state index in [4.69, 9.17) is 32.9 Å². The Kier molecular flexibility index (Phi) is 7.25. The number of nitrogens with one attached hydrogen (secondary N) is 1. The fourth-order valence-electron chi connectivity index (χ4n) is 8.09. The molecule has 4 heterocycles. The second-order valence-corrected chi connectivity index (χ2v) is 13.7. The number of hydrogen-bond acceptors (Lipinski definition) is 6. The minimum absolute atomic E-state index is 0.0606. The van der Waals surface area contributed by atoms with Gasteiger partial charge in [-0.05, 0) is 61.1 Å². The van der Waals surface area contributed by atoms with Crippen molar-refractivity contribution in [2.45, 2.75) is 62.5 Å². The maximum Gasteiger partial charge on any atom is 0.573 e. The topological polar surface area (TPSA) is 85.7 Å². The number of nitrogens with zero attached hydrogens (tertiary/aromatic N) is 3. The Morgan fingerprint density at radius 1 is 1.15 bits per heavy atom. The second kappa shape index (κ2) is 11.1. The number of alkyl halides is 3. The zero-order valence-electron chi connectivity index (χ0n) is 25.4. The summed E-state index contributed by atoms with van der Waals surface area (Å²) < 4.78 is 67.9. The molecule has 1 saturated heterocycles. The highest BCUT2D eigenvalue weighted by Crippen LogP contribution is 2.61. The van der Waals surface area contributed by atoms with E-state index in [9.17, 15) is 22.8 Å². The van der Waals surface area contributed by atoms with E-state index in [1.54, 1.807) is 35.8 Å². The van der Waals surface area contributed by atoms with Crippen LogP contribution in [-0.4, -0.2) is 57.4 Å². The zero-order valence-corrected chi connectivity index (χ0v) is 26.9. The first-order valence-corrected chi connectivity index (χ1v) is 16.4. The Bertz CT molecular complexity index is 2020. The number of benzene rings is 3. The molecular formula is C34H28Cl2F4N4O4. The van der Waals surface area contributed by atoms with Gasteiger partial charge in [-0.15, -0.1) is 13.2 Å². The number of hydrogen-bond donors (Lipinski definition) is 1. The predicted octanol–water partition coefficient (Wildman–Crippen LogP) is 7.47. The average Bonchev–Trinajstić information content (AvgIpc) is 3.61. The van der Waals surface area contributed by atoms with Crippen LogP contribution in [0.5, 0.6) is 5.75 Å². The summed E-state index contributed by atoms with van der Waals surface area (Å²) in [7, 11) is 0. The summed E-state index contributed by atoms with van der Waals surface area (Å²) in [5, 5.41) is 3.44. The molecule has 48 heavy (non-hydrogen) atoms. The van der Waals surface area contributed by atoms with Gasteiger partial charge >= 0.3 is 12.3 Å². The van der Waals surface area contributed by atoms with Crippen LogP contribution in [0.25, 0.3) is 11.0 Å². The van der Waals surface area contributed by atoms with E-state index in [0.29, 0.717) is 34.5 Å². The number of esters is 1. The van der Waals surface area contributed by atoms with Crippen LogP contribution in [0.1, 0.15) is 58.9 Å². The molecule has 250 valence electrons. The summed E-state index contributed by atoms with van der Waals surface area (Å²) in [6, 6.07) is 12.0. The molecular weight excluding hydrogens is 675 g/mol. The van der Waals surface area contributed by atoms with Crippen LogP contribution in [0.4, 0.5) is 23.2 Å². The Balaban J connectivity index is 1.35. The number of likely N-dealkylation sites (tertiary alicyclic amines) is 1. The molecule has 1 amide bonds. The molecule has 14 heteroatoms. The van der Waals surface area contributed by atoms with Crippen LogP contribution in [0, 0.1) is 11.7 Å². The highest BCUT2D eigenvalue weighted by Gasteiger charge is 2.67. The largest absolute Gasteiger partial charge is 0.573 e. The van der Waals surface area contributed by atoms with E-state index in [1.807, 2.05) is 6.07 Å². The first-order chi connectivity index (χ1) is 22.9. The van der Waals surface area contributed by atoms with Crippen LogP contribution in [0.3, 0.4) is 0 Å². The number of rotatable bonds is 6. The van der Waals surface area contributed by atoms with Crippen molar-refractivity contribution in [2.75, 3.05) is 18.5 Å². The molecule has 0 bridgehead atoms. The number of aromatic nitrogens is 2. The van der Waals surface area contributed by atoms with Gasteiger partial charge in [0.1, 0.15) is 28.5 Å². The van der Waals surface area contributed by atoms with Crippen molar-refractivity contribution >= 4 is 51.8 Å². The van der Waals surface area contributed by atoms with Gasteiger partial charge in [0.15, 0.2) is 0 Å². The molecule has 4 aromatic rings. The van der Waals surface area contributed by atoms with Gasteiger partial charge in [-0.3, -0.25) is 9.69 Å². The summed E-state index contributed by atoms with van der Waals surface area (Å²) in [6.07, 6.45) is -2.85. The van der Waals surface area contributed by atoms with Gasteiger partial charge in [0.2, 0.25) is 5.91 Å². The Morgan fingerprint density at radius 2 is 1.94 bits per heavy atom. The molecule has 2 fully saturated rings. The predicted molar refractivity (Wildman–Crippen MR) is 169 cm³/mol. The number of carbonyl (C=O) groups is 2. The molecule has 4 aliphatic rings. The fourth-order valence-corrected chi connectivity index (χ4v) is 8.45. The van der Waals surface area contributed by atoms with Gasteiger partial charge in [0, 0.05) is 54.2 Å². The highest BCUT2D eigenvalue weighted by molar-refractivity contribution is 6.31. The Hall–Kier alpha value is -3.87. The smallest absolute Gasteiger partial charge is 0.462 e. The molecule has 1 spiro atoms. The lowest BCUT2D eigenvalue weighted by Crippen LogP contribution is -2.61. The SMILES string of the molecule is CCOC(=O)c1cc2nc3n(c2cc1OC(F)(F)F)C[C@H]1[C@@H]3[C@H](c2cccc(Cl)c2F)[C@@]2(Cc3ccc(Cl)cc3NC2=O)N1CC1CC1. The van der Waals surface area contributed by atoms with E-state index in [2.05, 4.69) is 15.0 Å². The number of halogens is 6. The molecule has 3 aliphatic heterocycles. The summed E-state index contributed by atoms with van der Waals surface area (Å²) in [4.78, 5) is 34.4. The van der Waals surface area contributed by atoms with Gasteiger partial charge in [-0.1, -0.05) is 41.4 Å². The standard InChI is InChI=1S/C34H28Cl2F4N4O4/c1-2-47-31(45)20-11-23-24(12-26(20)48-34(38,39)40)43-15-25-27(30(43)41-23)28(19-4-3-5-21(36)29(19)37)33(44(25)14-16-6-7-16)13-17-8-9-18(35)10-22(17)42-32(33)46/h3-5,8-12,16,25,27-28H,2,6-7,13-15H2,1H3,(H,42,46)/t25-,27+,28-,33+/m0/s1. The highest BCUT2D eigenvalue weighted by atomic mass is 35.5. The maximum atomic E-state index is 16.2. The number of ether oxygens (including phenoxy) is 2. The van der Waals surface area contributed by atoms with Gasteiger partial charge in [-0.2, -0.15) is 0 Å². The van der Waals surface area contributed by atoms with E-state index < -0.39 is 46.8 Å². The van der Waals surface area contributed by atoms with Crippen molar-refractivity contribution in [2.24, 2.45) is 5.92 Å². The van der Waals surface area contributed by atoms with E-state index >= 15 is 4.39 Å². The molecule has 1 saturated carbocycles. The monoisotopic (exact) mass is 702 g/mol. The Labute approximate surface area is 281 Å². The first-order valence-electron chi connectivity index (χ1n) is 15.7. The third-order valence-corrected chi connectivity index (χ3v) is 10.6. The number of anilines is 1. The fraction of sp³-hybridized carbons (Fsp3) is 0.382. The molecule has 3 aromatic carbocycles. The van der Waals surface area contributed by atoms with E-state index in [1.165, 1.54) is 12.1 Å². The van der Waals surface area contributed by atoms with Crippen molar-refractivity contribution in [3.8, 4) is 5.75 Å². The molecule has 8 nitrogen and oxygen atoms in total. The number of fused-ring (bicyclic) bond motifs is 6. The Morgan fingerprint density at radius 3 is 2.67 bits per heavy atom. The van der Waals surface area contributed by atoms with Crippen LogP contribution >= 0.6 is 23.2 Å². The summed E-state index contributed by atoms with van der Waals surface area (Å²) in [5.41, 5.74) is 0.551. The minimum Gasteiger partial charge on any atom is -0.462 e. The van der Waals surface area contributed by atoms with Gasteiger partial charge in [0.25, 0.3) is 0 Å². The number of imidazole rings is 1. The third-order valence-electron chi connectivity index (χ3n) is 10.1. The summed E-state index contributed by atoms with van der Waals surface area (Å²) >= 11 is 12.6. The van der Waals surface area contributed by atoms with Crippen molar-refractivity contribution in [1.82, 2.24) is 14.5 Å². The van der Waals surface area contributed by atoms with Crippen LogP contribution in [0.2, 0.25) is 10.0 Å². The maximum absolute atomic E-state index is 16.2. The quantitative estimate of drug-likeness (QED) is 0.166. The lowest BCUT2D eigenvalue weighted by atomic mass is 9.69. The second-order valence-electron chi connectivity index (χ2n) is 12.9. The molecule has 8 rings (SSSR count). The lowest BCUT2D eigenvalue weighted by molar-refractivity contribution is -0.274. The van der Waals surface area contributed by atoms with Crippen molar-refractivity contribution in [1.29, 1.82) is 0 Å². The minimum atomic E-state index is -5.07. The lowest BCUT2D eigenvalue weighted by Gasteiger charge is -2.46. The molecule has 4 atom stereocenters. The van der Waals surface area contributed by atoms with Crippen LogP contribution in [0.15, 0.2) is 48.5 Å².